The molecule has 8 heteroatoms. The lowest BCUT2D eigenvalue weighted by Gasteiger charge is -2.07. The van der Waals surface area contributed by atoms with E-state index in [2.05, 4.69) is 15.1 Å². The van der Waals surface area contributed by atoms with Gasteiger partial charge in [-0.15, -0.1) is 0 Å². The van der Waals surface area contributed by atoms with Crippen LogP contribution >= 0.6 is 11.8 Å². The molecular weight excluding hydrogens is 328 g/mol. The third-order valence-corrected chi connectivity index (χ3v) is 4.11. The average Bonchev–Trinajstić information content (AvgIpc) is 3.13. The lowest BCUT2D eigenvalue weighted by atomic mass is 10.1. The standard InChI is InChI=1S/C16H12N4O3S/c1-22-11-4-2-10(3-5-11)14-13(8-17)15(21)20-16(19-14)24-9-12-6-7-18-23-12/h2-7H,9H2,1H3,(H,19,20,21). The molecule has 24 heavy (non-hydrogen) atoms. The van der Waals surface area contributed by atoms with Gasteiger partial charge >= 0.3 is 0 Å². The molecule has 0 radical (unpaired) electrons. The second-order valence-corrected chi connectivity index (χ2v) is 5.67. The highest BCUT2D eigenvalue weighted by Crippen LogP contribution is 2.25. The SMILES string of the molecule is COc1ccc(-c2nc(SCc3ccno3)[nH]c(=O)c2C#N)cc1. The minimum absolute atomic E-state index is 0.0239. The summed E-state index contributed by atoms with van der Waals surface area (Å²) in [6.45, 7) is 0. The van der Waals surface area contributed by atoms with E-state index in [1.807, 2.05) is 6.07 Å². The van der Waals surface area contributed by atoms with Crippen molar-refractivity contribution in [3.63, 3.8) is 0 Å². The summed E-state index contributed by atoms with van der Waals surface area (Å²) >= 11 is 1.29. The Balaban J connectivity index is 1.96. The van der Waals surface area contributed by atoms with Gasteiger partial charge in [0, 0.05) is 11.6 Å². The van der Waals surface area contributed by atoms with Crippen molar-refractivity contribution in [3.8, 4) is 23.1 Å². The van der Waals surface area contributed by atoms with E-state index in [1.54, 1.807) is 43.6 Å². The number of aromatic nitrogens is 3. The molecule has 0 aliphatic heterocycles. The summed E-state index contributed by atoms with van der Waals surface area (Å²) in [5, 5.41) is 13.3. The number of nitrogens with zero attached hydrogens (tertiary/aromatic N) is 3. The Kier molecular flexibility index (Phi) is 4.63. The maximum absolute atomic E-state index is 12.2. The van der Waals surface area contributed by atoms with Gasteiger partial charge in [-0.05, 0) is 24.3 Å². The maximum atomic E-state index is 12.2. The number of hydrogen-bond donors (Lipinski definition) is 1. The quantitative estimate of drug-likeness (QED) is 0.562. The number of nitrogens with one attached hydrogen (secondary N) is 1. The Morgan fingerprint density at radius 2 is 2.12 bits per heavy atom. The van der Waals surface area contributed by atoms with Crippen molar-refractivity contribution < 1.29 is 9.26 Å². The van der Waals surface area contributed by atoms with Gasteiger partial charge in [-0.1, -0.05) is 16.9 Å². The number of thioether (sulfide) groups is 1. The molecule has 0 aliphatic carbocycles. The fraction of sp³-hybridized carbons (Fsp3) is 0.125. The summed E-state index contributed by atoms with van der Waals surface area (Å²) < 4.78 is 10.1. The second kappa shape index (κ2) is 7.02. The van der Waals surface area contributed by atoms with Gasteiger partial charge in [-0.25, -0.2) is 4.98 Å². The van der Waals surface area contributed by atoms with Crippen LogP contribution in [0.5, 0.6) is 5.75 Å². The van der Waals surface area contributed by atoms with Crippen molar-refractivity contribution in [2.75, 3.05) is 7.11 Å². The minimum Gasteiger partial charge on any atom is -0.497 e. The Morgan fingerprint density at radius 3 is 2.75 bits per heavy atom. The molecule has 0 fully saturated rings. The van der Waals surface area contributed by atoms with Crippen molar-refractivity contribution in [1.29, 1.82) is 5.26 Å². The molecule has 0 atom stereocenters. The Hall–Kier alpha value is -3.05. The zero-order chi connectivity index (χ0) is 16.9. The van der Waals surface area contributed by atoms with E-state index in [0.717, 1.165) is 0 Å². The van der Waals surface area contributed by atoms with Gasteiger partial charge in [0.25, 0.3) is 5.56 Å². The smallest absolute Gasteiger partial charge is 0.270 e. The highest BCUT2D eigenvalue weighted by atomic mass is 32.2. The van der Waals surface area contributed by atoms with Gasteiger partial charge in [-0.3, -0.25) is 4.79 Å². The molecule has 0 amide bonds. The number of rotatable bonds is 5. The van der Waals surface area contributed by atoms with Gasteiger partial charge in [0.2, 0.25) is 0 Å². The first-order valence-corrected chi connectivity index (χ1v) is 7.91. The molecule has 120 valence electrons. The van der Waals surface area contributed by atoms with Crippen LogP contribution in [0.2, 0.25) is 0 Å². The molecule has 0 aliphatic rings. The predicted molar refractivity (Wildman–Crippen MR) is 87.6 cm³/mol. The number of hydrogen-bond acceptors (Lipinski definition) is 7. The van der Waals surface area contributed by atoms with Crippen LogP contribution < -0.4 is 10.3 Å². The molecule has 0 bridgehead atoms. The molecule has 1 aromatic carbocycles. The fourth-order valence-corrected chi connectivity index (χ4v) is 2.79. The van der Waals surface area contributed by atoms with Crippen LogP contribution in [0.3, 0.4) is 0 Å². The summed E-state index contributed by atoms with van der Waals surface area (Å²) in [5.41, 5.74) is 0.506. The molecule has 0 unspecified atom stereocenters. The number of nitriles is 1. The van der Waals surface area contributed by atoms with Crippen LogP contribution in [-0.2, 0) is 5.75 Å². The van der Waals surface area contributed by atoms with Crippen molar-refractivity contribution in [1.82, 2.24) is 15.1 Å². The Labute approximate surface area is 141 Å². The van der Waals surface area contributed by atoms with Crippen molar-refractivity contribution >= 4 is 11.8 Å². The van der Waals surface area contributed by atoms with Crippen LogP contribution in [0.1, 0.15) is 11.3 Å². The van der Waals surface area contributed by atoms with Crippen molar-refractivity contribution in [3.05, 3.63) is 58.2 Å². The van der Waals surface area contributed by atoms with E-state index in [-0.39, 0.29) is 5.56 Å². The van der Waals surface area contributed by atoms with Crippen LogP contribution in [0.4, 0.5) is 0 Å². The van der Waals surface area contributed by atoms with E-state index >= 15 is 0 Å². The van der Waals surface area contributed by atoms with Gasteiger partial charge in [0.1, 0.15) is 23.1 Å². The van der Waals surface area contributed by atoms with E-state index in [0.29, 0.717) is 33.7 Å². The van der Waals surface area contributed by atoms with Crippen LogP contribution in [0, 0.1) is 11.3 Å². The monoisotopic (exact) mass is 340 g/mol. The molecule has 3 rings (SSSR count). The van der Waals surface area contributed by atoms with E-state index in [4.69, 9.17) is 9.26 Å². The first kappa shape index (κ1) is 15.8. The second-order valence-electron chi connectivity index (χ2n) is 4.70. The largest absolute Gasteiger partial charge is 0.497 e. The molecular formula is C16H12N4O3S. The fourth-order valence-electron chi connectivity index (χ4n) is 2.04. The summed E-state index contributed by atoms with van der Waals surface area (Å²) in [4.78, 5) is 19.2. The zero-order valence-corrected chi connectivity index (χ0v) is 13.5. The molecule has 1 N–H and O–H groups in total. The molecule has 0 saturated carbocycles. The lowest BCUT2D eigenvalue weighted by molar-refractivity contribution is 0.395. The third kappa shape index (κ3) is 3.31. The Morgan fingerprint density at radius 1 is 1.33 bits per heavy atom. The summed E-state index contributed by atoms with van der Waals surface area (Å²) in [6.07, 6.45) is 1.55. The summed E-state index contributed by atoms with van der Waals surface area (Å²) in [7, 11) is 1.57. The number of H-pyrrole nitrogens is 1. The topological polar surface area (TPSA) is 105 Å². The van der Waals surface area contributed by atoms with Crippen molar-refractivity contribution in [2.24, 2.45) is 0 Å². The highest BCUT2D eigenvalue weighted by Gasteiger charge is 2.14. The van der Waals surface area contributed by atoms with Gasteiger partial charge in [0.05, 0.1) is 24.8 Å². The molecule has 0 spiro atoms. The third-order valence-electron chi connectivity index (χ3n) is 3.22. The van der Waals surface area contributed by atoms with E-state index in [9.17, 15) is 10.1 Å². The molecule has 3 aromatic rings. The van der Waals surface area contributed by atoms with Crippen LogP contribution in [0.25, 0.3) is 11.3 Å². The molecule has 0 saturated heterocycles. The maximum Gasteiger partial charge on any atom is 0.270 e. The number of aromatic amines is 1. The van der Waals surface area contributed by atoms with Gasteiger partial charge in [0.15, 0.2) is 5.16 Å². The minimum atomic E-state index is -0.474. The number of benzene rings is 1. The zero-order valence-electron chi connectivity index (χ0n) is 12.6. The Bertz CT molecular complexity index is 927. The van der Waals surface area contributed by atoms with E-state index in [1.165, 1.54) is 11.8 Å². The number of methoxy groups -OCH3 is 1. The highest BCUT2D eigenvalue weighted by molar-refractivity contribution is 7.98. The van der Waals surface area contributed by atoms with Gasteiger partial charge < -0.3 is 14.2 Å². The normalized spacial score (nSPS) is 10.3. The van der Waals surface area contributed by atoms with Gasteiger partial charge in [-0.2, -0.15) is 5.26 Å². The molecule has 2 heterocycles. The van der Waals surface area contributed by atoms with Crippen LogP contribution in [0.15, 0.2) is 51.0 Å². The number of ether oxygens (including phenoxy) is 1. The summed E-state index contributed by atoms with van der Waals surface area (Å²) in [6, 6.07) is 10.7. The lowest BCUT2D eigenvalue weighted by Crippen LogP contribution is -2.14. The van der Waals surface area contributed by atoms with Crippen LogP contribution in [-0.4, -0.2) is 22.2 Å². The molecule has 7 nitrogen and oxygen atoms in total. The van der Waals surface area contributed by atoms with Crippen molar-refractivity contribution in [2.45, 2.75) is 10.9 Å². The molecule has 2 aromatic heterocycles. The average molecular weight is 340 g/mol. The predicted octanol–water partition coefficient (Wildman–Crippen LogP) is 2.60. The van der Waals surface area contributed by atoms with E-state index < -0.39 is 5.56 Å². The summed E-state index contributed by atoms with van der Waals surface area (Å²) in [5.74, 6) is 1.82. The first-order chi connectivity index (χ1) is 11.7. The first-order valence-electron chi connectivity index (χ1n) is 6.92.